The lowest BCUT2D eigenvalue weighted by Gasteiger charge is -2.43. The zero-order valence-corrected chi connectivity index (χ0v) is 15.6. The van der Waals surface area contributed by atoms with Gasteiger partial charge >= 0.3 is 0 Å². The molecule has 0 bridgehead atoms. The lowest BCUT2D eigenvalue weighted by molar-refractivity contribution is 0.104. The monoisotopic (exact) mass is 330 g/mol. The average molecular weight is 331 g/mol. The molecule has 2 N–H and O–H groups in total. The smallest absolute Gasteiger partial charge is 0.0809 e. The van der Waals surface area contributed by atoms with Crippen LogP contribution in [0.2, 0.25) is 0 Å². The highest BCUT2D eigenvalue weighted by molar-refractivity contribution is 5.29. The van der Waals surface area contributed by atoms with Gasteiger partial charge in [0.05, 0.1) is 12.2 Å². The molecule has 3 saturated carbocycles. The molecule has 0 aliphatic heterocycles. The molecule has 3 unspecified atom stereocenters. The molecule has 0 radical (unpaired) electrons. The van der Waals surface area contributed by atoms with Crippen molar-refractivity contribution >= 4 is 0 Å². The molecule has 0 aromatic heterocycles. The molecule has 134 valence electrons. The topological polar surface area (TPSA) is 40.5 Å². The molecule has 3 aliphatic carbocycles. The molecule has 0 amide bonds. The highest BCUT2D eigenvalue weighted by atomic mass is 16.3. The third kappa shape index (κ3) is 3.15. The molecule has 0 spiro atoms. The fraction of sp³-hybridized carbons (Fsp3) is 0.727. The van der Waals surface area contributed by atoms with Crippen molar-refractivity contribution in [3.05, 3.63) is 35.5 Å². The Kier molecular flexibility index (Phi) is 5.09. The van der Waals surface area contributed by atoms with Gasteiger partial charge in [0.15, 0.2) is 0 Å². The van der Waals surface area contributed by atoms with Crippen molar-refractivity contribution in [2.45, 2.75) is 77.9 Å². The van der Waals surface area contributed by atoms with E-state index in [4.69, 9.17) is 0 Å². The maximum atomic E-state index is 10.0. The highest BCUT2D eigenvalue weighted by Crippen LogP contribution is 2.59. The van der Waals surface area contributed by atoms with Crippen LogP contribution in [-0.2, 0) is 0 Å². The van der Waals surface area contributed by atoms with Gasteiger partial charge in [0.25, 0.3) is 0 Å². The molecule has 0 heterocycles. The van der Waals surface area contributed by atoms with Crippen LogP contribution in [0.3, 0.4) is 0 Å². The van der Waals surface area contributed by atoms with Crippen LogP contribution in [0, 0.1) is 23.2 Å². The van der Waals surface area contributed by atoms with Crippen molar-refractivity contribution in [3.63, 3.8) is 0 Å². The van der Waals surface area contributed by atoms with Gasteiger partial charge in [-0.3, -0.25) is 0 Å². The zero-order chi connectivity index (χ0) is 17.5. The van der Waals surface area contributed by atoms with E-state index in [1.165, 1.54) is 32.1 Å². The van der Waals surface area contributed by atoms with Crippen LogP contribution >= 0.6 is 0 Å². The van der Waals surface area contributed by atoms with Crippen molar-refractivity contribution in [1.29, 1.82) is 0 Å². The van der Waals surface area contributed by atoms with Crippen molar-refractivity contribution in [1.82, 2.24) is 0 Å². The van der Waals surface area contributed by atoms with Gasteiger partial charge in [-0.25, -0.2) is 0 Å². The first-order valence-corrected chi connectivity index (χ1v) is 9.76. The van der Waals surface area contributed by atoms with E-state index < -0.39 is 12.2 Å². The molecule has 0 aromatic rings. The summed E-state index contributed by atoms with van der Waals surface area (Å²) in [5.41, 5.74) is 3.80. The van der Waals surface area contributed by atoms with E-state index in [9.17, 15) is 10.2 Å². The van der Waals surface area contributed by atoms with E-state index in [0.29, 0.717) is 23.8 Å². The summed E-state index contributed by atoms with van der Waals surface area (Å²) in [5.74, 6) is 2.34. The van der Waals surface area contributed by atoms with Crippen molar-refractivity contribution in [2.24, 2.45) is 23.2 Å². The van der Waals surface area contributed by atoms with Crippen LogP contribution in [0.25, 0.3) is 0 Å². The first-order chi connectivity index (χ1) is 11.3. The number of rotatable bonds is 2. The summed E-state index contributed by atoms with van der Waals surface area (Å²) >= 11 is 0. The van der Waals surface area contributed by atoms with Gasteiger partial charge in [0.1, 0.15) is 0 Å². The summed E-state index contributed by atoms with van der Waals surface area (Å²) in [4.78, 5) is 0. The Hall–Kier alpha value is -0.860. The number of allylic oxidation sites excluding steroid dienone is 3. The van der Waals surface area contributed by atoms with Crippen LogP contribution in [0.5, 0.6) is 0 Å². The van der Waals surface area contributed by atoms with Gasteiger partial charge < -0.3 is 10.2 Å². The standard InChI is InChI=1S/C22H34O2/c1-14(2)18-9-10-19-17(6-5-11-22(18,19)4)8-7-16-12-20(23)15(3)21(24)13-16/h7-8,14,18-21,23-24H,3,5-6,9-13H2,1-2,4H3/t18?,19?,20-,21-,22?/m1/s1. The first kappa shape index (κ1) is 17.9. The molecule has 2 nitrogen and oxygen atoms in total. The quantitative estimate of drug-likeness (QED) is 0.715. The molecule has 3 fully saturated rings. The molecule has 3 rings (SSSR count). The number of hydrogen-bond acceptors (Lipinski definition) is 2. The molecule has 3 aliphatic rings. The van der Waals surface area contributed by atoms with E-state index >= 15 is 0 Å². The molecular weight excluding hydrogens is 296 g/mol. The first-order valence-electron chi connectivity index (χ1n) is 9.76. The summed E-state index contributed by atoms with van der Waals surface area (Å²) in [6, 6.07) is 0. The molecule has 24 heavy (non-hydrogen) atoms. The molecule has 0 aromatic carbocycles. The van der Waals surface area contributed by atoms with Crippen molar-refractivity contribution < 1.29 is 10.2 Å². The SMILES string of the molecule is C=C1[C@H](O)CC(=CC=C2CCCC3(C)C2CCC3C(C)C)C[C@H]1O. The van der Waals surface area contributed by atoms with Crippen LogP contribution in [-0.4, -0.2) is 22.4 Å². The fourth-order valence-corrected chi connectivity index (χ4v) is 5.80. The van der Waals surface area contributed by atoms with Gasteiger partial charge in [-0.1, -0.05) is 50.6 Å². The maximum absolute atomic E-state index is 10.0. The predicted octanol–water partition coefficient (Wildman–Crippen LogP) is 4.78. The van der Waals surface area contributed by atoms with Gasteiger partial charge in [-0.15, -0.1) is 0 Å². The predicted molar refractivity (Wildman–Crippen MR) is 99.6 cm³/mol. The Morgan fingerprint density at radius 2 is 1.79 bits per heavy atom. The minimum Gasteiger partial charge on any atom is -0.388 e. The minimum absolute atomic E-state index is 0.469. The largest absolute Gasteiger partial charge is 0.388 e. The Balaban J connectivity index is 1.78. The van der Waals surface area contributed by atoms with Gasteiger partial charge in [-0.05, 0) is 73.7 Å². The van der Waals surface area contributed by atoms with Gasteiger partial charge in [0, 0.05) is 0 Å². The summed E-state index contributed by atoms with van der Waals surface area (Å²) in [5, 5.41) is 20.0. The fourth-order valence-electron chi connectivity index (χ4n) is 5.80. The summed E-state index contributed by atoms with van der Waals surface area (Å²) in [6.45, 7) is 11.1. The number of aliphatic hydroxyl groups is 2. The van der Waals surface area contributed by atoms with Gasteiger partial charge in [0.2, 0.25) is 0 Å². The van der Waals surface area contributed by atoms with Crippen molar-refractivity contribution in [2.75, 3.05) is 0 Å². The van der Waals surface area contributed by atoms with E-state index in [1.807, 2.05) is 0 Å². The van der Waals surface area contributed by atoms with Crippen LogP contribution in [0.15, 0.2) is 35.5 Å². The highest BCUT2D eigenvalue weighted by Gasteiger charge is 2.49. The maximum Gasteiger partial charge on any atom is 0.0809 e. The van der Waals surface area contributed by atoms with E-state index in [1.54, 1.807) is 5.57 Å². The third-order valence-corrected chi connectivity index (χ3v) is 7.14. The second-order valence-corrected chi connectivity index (χ2v) is 8.92. The molecular formula is C22H34O2. The molecule has 5 atom stereocenters. The average Bonchev–Trinajstić information content (AvgIpc) is 2.88. The van der Waals surface area contributed by atoms with Crippen LogP contribution in [0.1, 0.15) is 65.7 Å². The molecule has 0 saturated heterocycles. The minimum atomic E-state index is -0.591. The van der Waals surface area contributed by atoms with Gasteiger partial charge in [-0.2, -0.15) is 0 Å². The number of fused-ring (bicyclic) bond motifs is 1. The normalized spacial score (nSPS) is 41.8. The number of hydrogen-bond donors (Lipinski definition) is 2. The Morgan fingerprint density at radius 1 is 1.12 bits per heavy atom. The zero-order valence-electron chi connectivity index (χ0n) is 15.6. The van der Waals surface area contributed by atoms with E-state index in [2.05, 4.69) is 39.5 Å². The second kappa shape index (κ2) is 6.80. The summed E-state index contributed by atoms with van der Waals surface area (Å²) < 4.78 is 0. The van der Waals surface area contributed by atoms with Crippen molar-refractivity contribution in [3.8, 4) is 0 Å². The number of aliphatic hydroxyl groups excluding tert-OH is 2. The van der Waals surface area contributed by atoms with Crippen LogP contribution in [0.4, 0.5) is 0 Å². The second-order valence-electron chi connectivity index (χ2n) is 8.92. The Labute approximate surface area is 147 Å². The van der Waals surface area contributed by atoms with E-state index in [0.717, 1.165) is 23.3 Å². The Morgan fingerprint density at radius 3 is 2.42 bits per heavy atom. The van der Waals surface area contributed by atoms with E-state index in [-0.39, 0.29) is 0 Å². The lowest BCUT2D eigenvalue weighted by Crippen LogP contribution is -2.35. The third-order valence-electron chi connectivity index (χ3n) is 7.14. The van der Waals surface area contributed by atoms with Crippen LogP contribution < -0.4 is 0 Å². The summed E-state index contributed by atoms with van der Waals surface area (Å²) in [6.07, 6.45) is 11.1. The molecule has 2 heteroatoms. The lowest BCUT2D eigenvalue weighted by atomic mass is 9.61. The Bertz CT molecular complexity index is 540. The summed E-state index contributed by atoms with van der Waals surface area (Å²) in [7, 11) is 0.